The molecule has 2 heterocycles. The molecule has 1 fully saturated rings. The van der Waals surface area contributed by atoms with E-state index in [0.29, 0.717) is 17.6 Å². The van der Waals surface area contributed by atoms with Crippen LogP contribution in [-0.2, 0) is 17.8 Å². The second-order valence-electron chi connectivity index (χ2n) is 7.08. The number of morpholine rings is 1. The van der Waals surface area contributed by atoms with E-state index in [-0.39, 0.29) is 11.5 Å². The Labute approximate surface area is 163 Å². The number of hydrogen-bond acceptors (Lipinski definition) is 3. The van der Waals surface area contributed by atoms with Crippen LogP contribution < -0.4 is 15.8 Å². The van der Waals surface area contributed by atoms with Gasteiger partial charge in [0.1, 0.15) is 19.6 Å². The summed E-state index contributed by atoms with van der Waals surface area (Å²) in [7, 11) is 0. The van der Waals surface area contributed by atoms with Crippen molar-refractivity contribution in [2.75, 3.05) is 26.3 Å². The number of pyridine rings is 1. The predicted molar refractivity (Wildman–Crippen MR) is 107 cm³/mol. The van der Waals surface area contributed by atoms with Gasteiger partial charge in [-0.15, -0.1) is 0 Å². The van der Waals surface area contributed by atoms with Crippen molar-refractivity contribution < 1.29 is 14.4 Å². The maximum atomic E-state index is 12.8. The molecule has 0 spiro atoms. The van der Waals surface area contributed by atoms with Gasteiger partial charge >= 0.3 is 0 Å². The molecule has 144 valence electrons. The van der Waals surface area contributed by atoms with Gasteiger partial charge in [0.15, 0.2) is 0 Å². The maximum absolute atomic E-state index is 12.8. The van der Waals surface area contributed by atoms with E-state index >= 15 is 0 Å². The fourth-order valence-electron chi connectivity index (χ4n) is 3.67. The van der Waals surface area contributed by atoms with Gasteiger partial charge in [-0.1, -0.05) is 42.5 Å². The second kappa shape index (κ2) is 8.37. The van der Waals surface area contributed by atoms with E-state index in [1.54, 1.807) is 6.07 Å². The second-order valence-corrected chi connectivity index (χ2v) is 7.08. The summed E-state index contributed by atoms with van der Waals surface area (Å²) >= 11 is 0. The summed E-state index contributed by atoms with van der Waals surface area (Å²) < 4.78 is 5.43. The molecule has 28 heavy (non-hydrogen) atoms. The van der Waals surface area contributed by atoms with Crippen molar-refractivity contribution in [2.45, 2.75) is 13.1 Å². The lowest BCUT2D eigenvalue weighted by atomic mass is 10.1. The molecule has 1 amide bonds. The minimum Gasteiger partial charge on any atom is -0.370 e. The fraction of sp³-hybridized carbons (Fsp3) is 0.273. The standard InChI is InChI=1S/C22H23N3O3/c26-21-13-19(18-7-3-4-8-20(18)24-21)22(27)23-14-16-5-1-2-6-17(16)15-25-9-11-28-12-10-25/h1-8,13H,9-12,14-15H2,(H,23,27)(H,24,26)/p+1. The number of para-hydroxylation sites is 1. The topological polar surface area (TPSA) is 75.6 Å². The minimum atomic E-state index is -0.278. The highest BCUT2D eigenvalue weighted by atomic mass is 16.5. The van der Waals surface area contributed by atoms with E-state index in [1.165, 1.54) is 16.5 Å². The van der Waals surface area contributed by atoms with Gasteiger partial charge in [0.25, 0.3) is 5.91 Å². The minimum absolute atomic E-state index is 0.240. The maximum Gasteiger partial charge on any atom is 0.252 e. The van der Waals surface area contributed by atoms with E-state index in [4.69, 9.17) is 4.74 Å². The number of H-pyrrole nitrogens is 1. The molecule has 1 aromatic heterocycles. The third-order valence-electron chi connectivity index (χ3n) is 5.19. The van der Waals surface area contributed by atoms with Crippen LogP contribution in [0.2, 0.25) is 0 Å². The number of benzene rings is 2. The van der Waals surface area contributed by atoms with Crippen LogP contribution in [0.5, 0.6) is 0 Å². The van der Waals surface area contributed by atoms with Crippen LogP contribution in [0.3, 0.4) is 0 Å². The SMILES string of the molecule is O=C(NCc1ccccc1C[NH+]1CCOCC1)c1cc(=O)[nH]c2ccccc12. The highest BCUT2D eigenvalue weighted by Crippen LogP contribution is 2.15. The van der Waals surface area contributed by atoms with Gasteiger partial charge < -0.3 is 19.9 Å². The number of quaternary nitrogens is 1. The Bertz CT molecular complexity index is 1040. The third-order valence-corrected chi connectivity index (χ3v) is 5.19. The van der Waals surface area contributed by atoms with Crippen molar-refractivity contribution in [3.05, 3.63) is 81.6 Å². The lowest BCUT2D eigenvalue weighted by Crippen LogP contribution is -3.12. The van der Waals surface area contributed by atoms with Gasteiger partial charge in [0, 0.05) is 29.1 Å². The summed E-state index contributed by atoms with van der Waals surface area (Å²) in [5.41, 5.74) is 3.12. The van der Waals surface area contributed by atoms with E-state index in [2.05, 4.69) is 16.4 Å². The number of nitrogens with one attached hydrogen (secondary N) is 3. The summed E-state index contributed by atoms with van der Waals surface area (Å²) in [5.74, 6) is -0.240. The smallest absolute Gasteiger partial charge is 0.252 e. The largest absolute Gasteiger partial charge is 0.370 e. The zero-order valence-corrected chi connectivity index (χ0v) is 15.7. The fourth-order valence-corrected chi connectivity index (χ4v) is 3.67. The number of aromatic nitrogens is 1. The third kappa shape index (κ3) is 4.13. The molecule has 6 nitrogen and oxygen atoms in total. The molecule has 0 atom stereocenters. The van der Waals surface area contributed by atoms with Gasteiger partial charge in [-0.2, -0.15) is 0 Å². The number of amides is 1. The lowest BCUT2D eigenvalue weighted by molar-refractivity contribution is -0.921. The van der Waals surface area contributed by atoms with Crippen molar-refractivity contribution in [1.82, 2.24) is 10.3 Å². The molecule has 2 aromatic carbocycles. The summed E-state index contributed by atoms with van der Waals surface area (Å²) in [6.45, 7) is 4.94. The molecule has 6 heteroatoms. The van der Waals surface area contributed by atoms with Crippen LogP contribution >= 0.6 is 0 Å². The number of fused-ring (bicyclic) bond motifs is 1. The molecule has 3 aromatic rings. The summed E-state index contributed by atoms with van der Waals surface area (Å²) in [5, 5.41) is 3.73. The summed E-state index contributed by atoms with van der Waals surface area (Å²) in [6, 6.07) is 16.9. The Balaban J connectivity index is 1.51. The number of carbonyl (C=O) groups is 1. The quantitative estimate of drug-likeness (QED) is 0.617. The number of ether oxygens (including phenoxy) is 1. The number of rotatable bonds is 5. The molecule has 1 aliphatic heterocycles. The van der Waals surface area contributed by atoms with E-state index < -0.39 is 0 Å². The van der Waals surface area contributed by atoms with Gasteiger partial charge in [-0.3, -0.25) is 9.59 Å². The Kier molecular flexibility index (Phi) is 5.50. The summed E-state index contributed by atoms with van der Waals surface area (Å²) in [4.78, 5) is 29.0. The molecule has 0 aliphatic carbocycles. The van der Waals surface area contributed by atoms with Crippen LogP contribution in [0.4, 0.5) is 0 Å². The van der Waals surface area contributed by atoms with E-state index in [1.807, 2.05) is 36.4 Å². The van der Waals surface area contributed by atoms with Crippen LogP contribution in [0.15, 0.2) is 59.4 Å². The van der Waals surface area contributed by atoms with Crippen molar-refractivity contribution in [3.63, 3.8) is 0 Å². The molecular formula is C22H24N3O3+. The first-order valence-corrected chi connectivity index (χ1v) is 9.59. The molecule has 3 N–H and O–H groups in total. The Hall–Kier alpha value is -2.96. The Morgan fingerprint density at radius 2 is 1.75 bits per heavy atom. The first-order valence-electron chi connectivity index (χ1n) is 9.59. The molecule has 0 unspecified atom stereocenters. The van der Waals surface area contributed by atoms with E-state index in [0.717, 1.165) is 43.8 Å². The lowest BCUT2D eigenvalue weighted by Gasteiger charge is -2.24. The molecular weight excluding hydrogens is 354 g/mol. The van der Waals surface area contributed by atoms with Crippen LogP contribution in [0, 0.1) is 0 Å². The van der Waals surface area contributed by atoms with Gasteiger partial charge in [-0.25, -0.2) is 0 Å². The number of carbonyl (C=O) groups excluding carboxylic acids is 1. The highest BCUT2D eigenvalue weighted by molar-refractivity contribution is 6.05. The molecule has 4 rings (SSSR count). The molecule has 0 radical (unpaired) electrons. The first kappa shape index (κ1) is 18.4. The van der Waals surface area contributed by atoms with Crippen LogP contribution in [0.25, 0.3) is 10.9 Å². The molecule has 1 saturated heterocycles. The Morgan fingerprint density at radius 1 is 1.04 bits per heavy atom. The van der Waals surface area contributed by atoms with E-state index in [9.17, 15) is 9.59 Å². The number of aromatic amines is 1. The van der Waals surface area contributed by atoms with Crippen molar-refractivity contribution in [3.8, 4) is 0 Å². The number of hydrogen-bond donors (Lipinski definition) is 3. The zero-order chi connectivity index (χ0) is 19.3. The van der Waals surface area contributed by atoms with Crippen molar-refractivity contribution >= 4 is 16.8 Å². The zero-order valence-electron chi connectivity index (χ0n) is 15.7. The highest BCUT2D eigenvalue weighted by Gasteiger charge is 2.17. The van der Waals surface area contributed by atoms with Crippen LogP contribution in [-0.4, -0.2) is 37.2 Å². The average molecular weight is 378 g/mol. The predicted octanol–water partition coefficient (Wildman–Crippen LogP) is 0.873. The van der Waals surface area contributed by atoms with Crippen molar-refractivity contribution in [1.29, 1.82) is 0 Å². The van der Waals surface area contributed by atoms with Gasteiger partial charge in [0.05, 0.1) is 18.8 Å². The average Bonchev–Trinajstić information content (AvgIpc) is 2.73. The first-order chi connectivity index (χ1) is 13.7. The molecule has 0 saturated carbocycles. The monoisotopic (exact) mass is 378 g/mol. The molecule has 0 bridgehead atoms. The molecule has 1 aliphatic rings. The van der Waals surface area contributed by atoms with Crippen molar-refractivity contribution in [2.24, 2.45) is 0 Å². The van der Waals surface area contributed by atoms with Crippen LogP contribution in [0.1, 0.15) is 21.5 Å². The normalized spacial score (nSPS) is 14.9. The Morgan fingerprint density at radius 3 is 2.57 bits per heavy atom. The summed E-state index contributed by atoms with van der Waals surface area (Å²) in [6.07, 6.45) is 0. The van der Waals surface area contributed by atoms with Gasteiger partial charge in [-0.05, 0) is 11.6 Å². The van der Waals surface area contributed by atoms with Gasteiger partial charge in [0.2, 0.25) is 5.56 Å².